The molecule has 0 N–H and O–H groups in total. The molecule has 0 aliphatic carbocycles. The highest BCUT2D eigenvalue weighted by Gasteiger charge is 2.47. The van der Waals surface area contributed by atoms with Crippen molar-refractivity contribution < 1.29 is 17.5 Å². The lowest BCUT2D eigenvalue weighted by Crippen LogP contribution is -2.43. The number of benzene rings is 2. The molecule has 4 rings (SSSR count). The van der Waals surface area contributed by atoms with E-state index in [9.17, 15) is 12.8 Å². The third kappa shape index (κ3) is 5.14. The molecule has 7 heteroatoms. The molecule has 2 heterocycles. The molecule has 0 radical (unpaired) electrons. The van der Waals surface area contributed by atoms with Crippen LogP contribution in [-0.2, 0) is 14.8 Å². The zero-order valence-corrected chi connectivity index (χ0v) is 20.6. The molecule has 2 atom stereocenters. The van der Waals surface area contributed by atoms with Gasteiger partial charge in [-0.15, -0.1) is 4.40 Å². The quantitative estimate of drug-likeness (QED) is 0.584. The fourth-order valence-electron chi connectivity index (χ4n) is 5.11. The highest BCUT2D eigenvalue weighted by molar-refractivity contribution is 7.90. The SMILES string of the molecule is C[C@H](CC1=NS(=O)(=O)C(c2ccc(C3CCN(C)CC3)cc2)C(C)(C)O1)c1ccccc1F. The number of hydrogen-bond acceptors (Lipinski definition) is 4. The molecule has 2 aliphatic rings. The maximum atomic E-state index is 14.2. The summed E-state index contributed by atoms with van der Waals surface area (Å²) < 4.78 is 50.8. The largest absolute Gasteiger partial charge is 0.472 e. The number of likely N-dealkylation sites (tertiary alicyclic amines) is 1. The van der Waals surface area contributed by atoms with E-state index in [1.54, 1.807) is 32.0 Å². The lowest BCUT2D eigenvalue weighted by atomic mass is 9.88. The van der Waals surface area contributed by atoms with Gasteiger partial charge in [-0.3, -0.25) is 0 Å². The molecule has 1 saturated heterocycles. The maximum absolute atomic E-state index is 14.2. The maximum Gasteiger partial charge on any atom is 0.267 e. The number of sulfonamides is 1. The number of piperidine rings is 1. The minimum Gasteiger partial charge on any atom is -0.472 e. The normalized spacial score (nSPS) is 24.0. The molecule has 1 fully saturated rings. The summed E-state index contributed by atoms with van der Waals surface area (Å²) in [4.78, 5) is 2.34. The Morgan fingerprint density at radius 3 is 2.30 bits per heavy atom. The lowest BCUT2D eigenvalue weighted by Gasteiger charge is -2.38. The van der Waals surface area contributed by atoms with Crippen molar-refractivity contribution in [1.82, 2.24) is 4.90 Å². The molecule has 5 nitrogen and oxygen atoms in total. The van der Waals surface area contributed by atoms with E-state index < -0.39 is 20.9 Å². The van der Waals surface area contributed by atoms with Gasteiger partial charge in [-0.2, -0.15) is 0 Å². The monoisotopic (exact) mass is 472 g/mol. The first-order chi connectivity index (χ1) is 15.6. The Morgan fingerprint density at radius 1 is 1.09 bits per heavy atom. The molecule has 0 saturated carbocycles. The first kappa shape index (κ1) is 23.9. The molecule has 0 spiro atoms. The van der Waals surface area contributed by atoms with Crippen molar-refractivity contribution in [3.63, 3.8) is 0 Å². The minimum atomic E-state index is -3.85. The second-order valence-corrected chi connectivity index (χ2v) is 11.6. The highest BCUT2D eigenvalue weighted by Crippen LogP contribution is 2.42. The van der Waals surface area contributed by atoms with Crippen LogP contribution in [0, 0.1) is 5.82 Å². The van der Waals surface area contributed by atoms with E-state index in [2.05, 4.69) is 28.5 Å². The zero-order chi connectivity index (χ0) is 23.8. The highest BCUT2D eigenvalue weighted by atomic mass is 32.2. The summed E-state index contributed by atoms with van der Waals surface area (Å²) in [7, 11) is -1.71. The fourth-order valence-corrected chi connectivity index (χ4v) is 6.88. The van der Waals surface area contributed by atoms with E-state index in [4.69, 9.17) is 4.74 Å². The predicted molar refractivity (Wildman–Crippen MR) is 130 cm³/mol. The summed E-state index contributed by atoms with van der Waals surface area (Å²) in [6, 6.07) is 14.4. The average molecular weight is 473 g/mol. The van der Waals surface area contributed by atoms with Crippen LogP contribution in [0.4, 0.5) is 4.39 Å². The van der Waals surface area contributed by atoms with Crippen LogP contribution in [0.25, 0.3) is 0 Å². The van der Waals surface area contributed by atoms with Gasteiger partial charge < -0.3 is 9.64 Å². The molecule has 33 heavy (non-hydrogen) atoms. The van der Waals surface area contributed by atoms with Crippen molar-refractivity contribution in [2.75, 3.05) is 20.1 Å². The standard InChI is InChI=1S/C26H33FN2O3S/c1-18(22-7-5-6-8-23(22)27)17-24-28-33(30,31)25(26(2,3)32-24)21-11-9-19(10-12-21)20-13-15-29(4)16-14-20/h5-12,18,20,25H,13-17H2,1-4H3/t18-,25?/m1/s1. The minimum absolute atomic E-state index is 0.134. The van der Waals surface area contributed by atoms with Crippen LogP contribution in [0.3, 0.4) is 0 Å². The van der Waals surface area contributed by atoms with Crippen LogP contribution in [0.5, 0.6) is 0 Å². The third-order valence-corrected chi connectivity index (χ3v) is 8.78. The molecule has 178 valence electrons. The van der Waals surface area contributed by atoms with Crippen LogP contribution < -0.4 is 0 Å². The molecule has 0 amide bonds. The number of rotatable bonds is 5. The van der Waals surface area contributed by atoms with Gasteiger partial charge >= 0.3 is 0 Å². The number of halogens is 1. The first-order valence-corrected chi connectivity index (χ1v) is 13.1. The summed E-state index contributed by atoms with van der Waals surface area (Å²) in [5.41, 5.74) is 1.45. The van der Waals surface area contributed by atoms with Gasteiger partial charge in [-0.1, -0.05) is 49.4 Å². The molecule has 2 aromatic carbocycles. The van der Waals surface area contributed by atoms with Crippen molar-refractivity contribution >= 4 is 15.9 Å². The van der Waals surface area contributed by atoms with Crippen molar-refractivity contribution in [3.05, 3.63) is 71.0 Å². The van der Waals surface area contributed by atoms with Crippen LogP contribution in [-0.4, -0.2) is 45.0 Å². The Morgan fingerprint density at radius 2 is 1.70 bits per heavy atom. The van der Waals surface area contributed by atoms with Gasteiger partial charge in [0.15, 0.2) is 0 Å². The van der Waals surface area contributed by atoms with Crippen LogP contribution in [0.15, 0.2) is 52.9 Å². The van der Waals surface area contributed by atoms with Gasteiger partial charge in [-0.25, -0.2) is 12.8 Å². The van der Waals surface area contributed by atoms with E-state index in [0.717, 1.165) is 25.9 Å². The lowest BCUT2D eigenvalue weighted by molar-refractivity contribution is 0.0803. The van der Waals surface area contributed by atoms with E-state index in [1.165, 1.54) is 11.6 Å². The summed E-state index contributed by atoms with van der Waals surface area (Å²) in [5.74, 6) is 0.0642. The van der Waals surface area contributed by atoms with Crippen molar-refractivity contribution in [2.24, 2.45) is 4.40 Å². The predicted octanol–water partition coefficient (Wildman–Crippen LogP) is 5.41. The van der Waals surface area contributed by atoms with E-state index in [-0.39, 0.29) is 24.1 Å². The second-order valence-electron chi connectivity index (χ2n) is 9.96. The van der Waals surface area contributed by atoms with Crippen LogP contribution >= 0.6 is 0 Å². The summed E-state index contributed by atoms with van der Waals surface area (Å²) in [5, 5.41) is -0.899. The average Bonchev–Trinajstić information content (AvgIpc) is 2.73. The Bertz CT molecular complexity index is 1120. The summed E-state index contributed by atoms with van der Waals surface area (Å²) in [6.07, 6.45) is 2.44. The second kappa shape index (κ2) is 9.18. The molecule has 0 bridgehead atoms. The third-order valence-electron chi connectivity index (χ3n) is 6.89. The smallest absolute Gasteiger partial charge is 0.267 e. The van der Waals surface area contributed by atoms with Gasteiger partial charge in [0.25, 0.3) is 10.0 Å². The van der Waals surface area contributed by atoms with E-state index >= 15 is 0 Å². The summed E-state index contributed by atoms with van der Waals surface area (Å²) in [6.45, 7) is 7.56. The van der Waals surface area contributed by atoms with Crippen LogP contribution in [0.1, 0.15) is 73.8 Å². The number of nitrogens with zero attached hydrogens (tertiary/aromatic N) is 2. The molecular formula is C26H33FN2O3S. The van der Waals surface area contributed by atoms with E-state index in [0.29, 0.717) is 17.0 Å². The van der Waals surface area contributed by atoms with Crippen LogP contribution in [0.2, 0.25) is 0 Å². The van der Waals surface area contributed by atoms with E-state index in [1.807, 2.05) is 19.1 Å². The van der Waals surface area contributed by atoms with Gasteiger partial charge in [0.1, 0.15) is 16.7 Å². The van der Waals surface area contributed by atoms with Crippen molar-refractivity contribution in [3.8, 4) is 0 Å². The molecule has 2 aromatic rings. The molecular weight excluding hydrogens is 439 g/mol. The van der Waals surface area contributed by atoms with Crippen molar-refractivity contribution in [1.29, 1.82) is 0 Å². The van der Waals surface area contributed by atoms with Gasteiger partial charge in [0, 0.05) is 6.42 Å². The Kier molecular flexibility index (Phi) is 6.65. The molecule has 1 unspecified atom stereocenters. The first-order valence-electron chi connectivity index (χ1n) is 11.6. The Balaban J connectivity index is 1.55. The Labute approximate surface area is 196 Å². The number of ether oxygens (including phenoxy) is 1. The fraction of sp³-hybridized carbons (Fsp3) is 0.500. The van der Waals surface area contributed by atoms with Crippen molar-refractivity contribution in [2.45, 2.75) is 62.7 Å². The van der Waals surface area contributed by atoms with Gasteiger partial charge in [0.05, 0.1) is 0 Å². The molecule has 2 aliphatic heterocycles. The zero-order valence-electron chi connectivity index (χ0n) is 19.8. The van der Waals surface area contributed by atoms with Gasteiger partial charge in [0.2, 0.25) is 5.90 Å². The molecule has 0 aromatic heterocycles. The topological polar surface area (TPSA) is 59.0 Å². The number of hydrogen-bond donors (Lipinski definition) is 0. The van der Waals surface area contributed by atoms with Gasteiger partial charge in [-0.05, 0) is 81.4 Å². The summed E-state index contributed by atoms with van der Waals surface area (Å²) >= 11 is 0. The Hall–Kier alpha value is -2.25.